The maximum Gasteiger partial charge on any atom is 0.253 e. The van der Waals surface area contributed by atoms with Crippen molar-refractivity contribution in [2.75, 3.05) is 15.9 Å². The van der Waals surface area contributed by atoms with Crippen LogP contribution in [0.4, 0.5) is 11.8 Å². The number of H-pyrrole nitrogens is 1. The number of nitrogens with zero attached hydrogens (tertiary/aromatic N) is 3. The second-order valence-electron chi connectivity index (χ2n) is 6.96. The monoisotopic (exact) mass is 401 g/mol. The molecule has 0 aliphatic carbocycles. The maximum absolute atomic E-state index is 12.3. The van der Waals surface area contributed by atoms with Gasteiger partial charge in [0.2, 0.25) is 16.0 Å². The first-order chi connectivity index (χ1) is 13.1. The molecule has 148 valence electrons. The topological polar surface area (TPSA) is 108 Å². The van der Waals surface area contributed by atoms with Gasteiger partial charge >= 0.3 is 0 Å². The molecule has 2 heterocycles. The van der Waals surface area contributed by atoms with E-state index in [9.17, 15) is 13.2 Å². The van der Waals surface area contributed by atoms with Crippen molar-refractivity contribution in [1.82, 2.24) is 15.0 Å². The molecule has 28 heavy (non-hydrogen) atoms. The van der Waals surface area contributed by atoms with Crippen LogP contribution >= 0.6 is 0 Å². The first-order valence-corrected chi connectivity index (χ1v) is 10.7. The van der Waals surface area contributed by atoms with E-state index in [-0.39, 0.29) is 29.9 Å². The van der Waals surface area contributed by atoms with Crippen molar-refractivity contribution in [2.45, 2.75) is 33.4 Å². The van der Waals surface area contributed by atoms with Gasteiger partial charge in [0.15, 0.2) is 0 Å². The Morgan fingerprint density at radius 2 is 1.96 bits per heavy atom. The Hall–Kier alpha value is -2.94. The maximum atomic E-state index is 12.3. The smallest absolute Gasteiger partial charge is 0.253 e. The van der Waals surface area contributed by atoms with E-state index in [1.807, 2.05) is 31.2 Å². The highest BCUT2D eigenvalue weighted by molar-refractivity contribution is 7.92. The Bertz CT molecular complexity index is 1170. The number of fused-ring (bicyclic) bond motifs is 1. The van der Waals surface area contributed by atoms with E-state index in [2.05, 4.69) is 20.3 Å². The third-order valence-corrected chi connectivity index (χ3v) is 5.53. The number of benzene rings is 1. The summed E-state index contributed by atoms with van der Waals surface area (Å²) in [6, 6.07) is 8.90. The Morgan fingerprint density at radius 3 is 2.64 bits per heavy atom. The first-order valence-electron chi connectivity index (χ1n) is 8.84. The summed E-state index contributed by atoms with van der Waals surface area (Å²) < 4.78 is 25.3. The molecule has 0 unspecified atom stereocenters. The zero-order valence-electron chi connectivity index (χ0n) is 16.2. The molecule has 0 bridgehead atoms. The lowest BCUT2D eigenvalue weighted by atomic mass is 10.1. The van der Waals surface area contributed by atoms with E-state index < -0.39 is 10.0 Å². The number of anilines is 2. The molecule has 0 saturated heterocycles. The molecule has 2 N–H and O–H groups in total. The SMILES string of the molecule is Cc1ccc2[nH]c(=O)c(CNc3nccc(N(C(C)C)S(C)(=O)=O)n3)cc2c1. The molecule has 3 rings (SSSR count). The van der Waals surface area contributed by atoms with Gasteiger partial charge in [-0.2, -0.15) is 4.98 Å². The largest absolute Gasteiger partial charge is 0.350 e. The number of nitrogens with one attached hydrogen (secondary N) is 2. The second kappa shape index (κ2) is 7.59. The molecule has 2 aromatic heterocycles. The van der Waals surface area contributed by atoms with Crippen LogP contribution in [-0.4, -0.2) is 35.7 Å². The van der Waals surface area contributed by atoms with Crippen molar-refractivity contribution in [2.24, 2.45) is 0 Å². The molecule has 0 spiro atoms. The quantitative estimate of drug-likeness (QED) is 0.657. The van der Waals surface area contributed by atoms with Gasteiger partial charge in [0.1, 0.15) is 5.82 Å². The third-order valence-electron chi connectivity index (χ3n) is 4.21. The van der Waals surface area contributed by atoms with Crippen LogP contribution in [0.25, 0.3) is 10.9 Å². The van der Waals surface area contributed by atoms with E-state index in [1.165, 1.54) is 16.6 Å². The van der Waals surface area contributed by atoms with E-state index in [1.54, 1.807) is 13.8 Å². The lowest BCUT2D eigenvalue weighted by molar-refractivity contribution is 0.589. The van der Waals surface area contributed by atoms with E-state index in [0.29, 0.717) is 5.56 Å². The number of hydrogen-bond acceptors (Lipinski definition) is 6. The molecule has 0 aliphatic heterocycles. The summed E-state index contributed by atoms with van der Waals surface area (Å²) >= 11 is 0. The zero-order chi connectivity index (χ0) is 20.5. The summed E-state index contributed by atoms with van der Waals surface area (Å²) in [6.45, 7) is 5.74. The van der Waals surface area contributed by atoms with Gasteiger partial charge in [-0.05, 0) is 44.4 Å². The van der Waals surface area contributed by atoms with E-state index >= 15 is 0 Å². The molecule has 0 radical (unpaired) electrons. The van der Waals surface area contributed by atoms with Crippen molar-refractivity contribution in [3.8, 4) is 0 Å². The fourth-order valence-electron chi connectivity index (χ4n) is 3.05. The van der Waals surface area contributed by atoms with Crippen LogP contribution < -0.4 is 15.2 Å². The fourth-order valence-corrected chi connectivity index (χ4v) is 4.26. The highest BCUT2D eigenvalue weighted by atomic mass is 32.2. The molecule has 0 aliphatic rings. The molecule has 0 saturated carbocycles. The molecule has 8 nitrogen and oxygen atoms in total. The minimum absolute atomic E-state index is 0.194. The number of pyridine rings is 1. The summed E-state index contributed by atoms with van der Waals surface area (Å²) in [6.07, 6.45) is 2.62. The average molecular weight is 401 g/mol. The van der Waals surface area contributed by atoms with Crippen LogP contribution in [0.1, 0.15) is 25.0 Å². The lowest BCUT2D eigenvalue weighted by Crippen LogP contribution is -2.36. The van der Waals surface area contributed by atoms with Crippen molar-refractivity contribution in [3.63, 3.8) is 0 Å². The van der Waals surface area contributed by atoms with Crippen molar-refractivity contribution in [3.05, 3.63) is 58.0 Å². The number of aryl methyl sites for hydroxylation is 1. The summed E-state index contributed by atoms with van der Waals surface area (Å²) in [5.41, 5.74) is 2.22. The van der Waals surface area contributed by atoms with Gasteiger partial charge in [-0.25, -0.2) is 13.4 Å². The molecular formula is C19H23N5O3S. The highest BCUT2D eigenvalue weighted by Crippen LogP contribution is 2.19. The van der Waals surface area contributed by atoms with Crippen molar-refractivity contribution < 1.29 is 8.42 Å². The molecule has 3 aromatic rings. The summed E-state index contributed by atoms with van der Waals surface area (Å²) in [7, 11) is -3.48. The van der Waals surface area contributed by atoms with Gasteiger partial charge < -0.3 is 10.3 Å². The number of rotatable bonds is 6. The van der Waals surface area contributed by atoms with Crippen molar-refractivity contribution >= 4 is 32.7 Å². The predicted molar refractivity (Wildman–Crippen MR) is 111 cm³/mol. The van der Waals surface area contributed by atoms with Crippen LogP contribution in [0.15, 0.2) is 41.3 Å². The number of hydrogen-bond donors (Lipinski definition) is 2. The highest BCUT2D eigenvalue weighted by Gasteiger charge is 2.22. The molecule has 0 amide bonds. The molecule has 9 heteroatoms. The molecule has 0 atom stereocenters. The number of aromatic nitrogens is 3. The second-order valence-corrected chi connectivity index (χ2v) is 8.82. The number of sulfonamides is 1. The minimum Gasteiger partial charge on any atom is -0.350 e. The van der Waals surface area contributed by atoms with Crippen molar-refractivity contribution in [1.29, 1.82) is 0 Å². The Labute approximate surface area is 163 Å². The molecule has 1 aromatic carbocycles. The van der Waals surface area contributed by atoms with Crippen LogP contribution in [-0.2, 0) is 16.6 Å². The van der Waals surface area contributed by atoms with Crippen LogP contribution in [0, 0.1) is 6.92 Å². The van der Waals surface area contributed by atoms with Crippen LogP contribution in [0.3, 0.4) is 0 Å². The van der Waals surface area contributed by atoms with Gasteiger partial charge in [0, 0.05) is 35.9 Å². The van der Waals surface area contributed by atoms with Crippen LogP contribution in [0.5, 0.6) is 0 Å². The summed E-state index contributed by atoms with van der Waals surface area (Å²) in [5.74, 6) is 0.522. The Morgan fingerprint density at radius 1 is 1.21 bits per heavy atom. The standard InChI is InChI=1S/C19H23N5O3S/c1-12(2)24(28(4,26)27)17-7-8-20-19(23-17)21-11-15-10-14-9-13(3)5-6-16(14)22-18(15)25/h5-10,12H,11H2,1-4H3,(H,22,25)(H,20,21,23). The zero-order valence-corrected chi connectivity index (χ0v) is 17.0. The van der Waals surface area contributed by atoms with Gasteiger partial charge in [-0.3, -0.25) is 9.10 Å². The molecular weight excluding hydrogens is 378 g/mol. The lowest BCUT2D eigenvalue weighted by Gasteiger charge is -2.25. The van der Waals surface area contributed by atoms with Gasteiger partial charge in [0.25, 0.3) is 5.56 Å². The summed E-state index contributed by atoms with van der Waals surface area (Å²) in [5, 5.41) is 3.94. The first kappa shape index (κ1) is 19.8. The fraction of sp³-hybridized carbons (Fsp3) is 0.316. The summed E-state index contributed by atoms with van der Waals surface area (Å²) in [4.78, 5) is 23.6. The average Bonchev–Trinajstić information content (AvgIpc) is 2.59. The van der Waals surface area contributed by atoms with Gasteiger partial charge in [-0.15, -0.1) is 0 Å². The van der Waals surface area contributed by atoms with E-state index in [0.717, 1.165) is 22.7 Å². The predicted octanol–water partition coefficient (Wildman–Crippen LogP) is 2.41. The third kappa shape index (κ3) is 4.30. The minimum atomic E-state index is -3.48. The van der Waals surface area contributed by atoms with Gasteiger partial charge in [-0.1, -0.05) is 11.6 Å². The Balaban J connectivity index is 1.87. The normalized spacial score (nSPS) is 11.8. The van der Waals surface area contributed by atoms with E-state index in [4.69, 9.17) is 0 Å². The molecule has 0 fully saturated rings. The Kier molecular flexibility index (Phi) is 5.37. The number of aromatic amines is 1. The van der Waals surface area contributed by atoms with Crippen LogP contribution in [0.2, 0.25) is 0 Å². The van der Waals surface area contributed by atoms with Gasteiger partial charge in [0.05, 0.1) is 6.26 Å².